The Morgan fingerprint density at radius 2 is 2.19 bits per heavy atom. The molecule has 3 rings (SSSR count). The molecule has 0 saturated carbocycles. The predicted octanol–water partition coefficient (Wildman–Crippen LogP) is 2.80. The molecule has 0 bridgehead atoms. The predicted molar refractivity (Wildman–Crippen MR) is 83.9 cm³/mol. The lowest BCUT2D eigenvalue weighted by atomic mass is 10.1. The summed E-state index contributed by atoms with van der Waals surface area (Å²) in [7, 11) is 0. The van der Waals surface area contributed by atoms with Crippen LogP contribution in [0.3, 0.4) is 0 Å². The minimum Gasteiger partial charge on any atom is -0.477 e. The van der Waals surface area contributed by atoms with Gasteiger partial charge in [-0.1, -0.05) is 18.2 Å². The summed E-state index contributed by atoms with van der Waals surface area (Å²) in [5, 5.41) is 19.5. The van der Waals surface area contributed by atoms with Crippen LogP contribution in [0.4, 0.5) is 0 Å². The van der Waals surface area contributed by atoms with E-state index in [1.807, 2.05) is 24.3 Å². The number of aliphatic hydroxyl groups excluding tert-OH is 1. The molecule has 4 nitrogen and oxygen atoms in total. The second-order valence-corrected chi connectivity index (χ2v) is 6.67. The summed E-state index contributed by atoms with van der Waals surface area (Å²) in [6.07, 6.45) is 1.93. The smallest absolute Gasteiger partial charge is 0.346 e. The van der Waals surface area contributed by atoms with E-state index in [4.69, 9.17) is 5.11 Å². The van der Waals surface area contributed by atoms with Gasteiger partial charge in [0.15, 0.2) is 0 Å². The van der Waals surface area contributed by atoms with Crippen molar-refractivity contribution in [3.05, 3.63) is 34.7 Å². The van der Waals surface area contributed by atoms with Crippen molar-refractivity contribution in [2.45, 2.75) is 19.4 Å². The normalized spacial score (nSPS) is 19.4. The minimum atomic E-state index is -0.836. The molecule has 1 saturated heterocycles. The number of thiophene rings is 1. The fourth-order valence-corrected chi connectivity index (χ4v) is 4.18. The number of fused-ring (bicyclic) bond motifs is 1. The molecule has 1 aliphatic heterocycles. The summed E-state index contributed by atoms with van der Waals surface area (Å²) in [5.74, 6) is -0.300. The van der Waals surface area contributed by atoms with Crippen LogP contribution in [0, 0.1) is 5.92 Å². The van der Waals surface area contributed by atoms with Crippen molar-refractivity contribution in [2.75, 3.05) is 19.7 Å². The van der Waals surface area contributed by atoms with E-state index in [0.29, 0.717) is 17.3 Å². The van der Waals surface area contributed by atoms with Gasteiger partial charge in [0.1, 0.15) is 4.88 Å². The van der Waals surface area contributed by atoms with Crippen molar-refractivity contribution in [1.29, 1.82) is 0 Å². The average molecular weight is 305 g/mol. The number of carboxylic acids is 1. The molecular weight excluding hydrogens is 286 g/mol. The monoisotopic (exact) mass is 305 g/mol. The van der Waals surface area contributed by atoms with E-state index in [-0.39, 0.29) is 6.61 Å². The Bertz CT molecular complexity index is 652. The molecule has 1 fully saturated rings. The Balaban J connectivity index is 1.86. The standard InChI is InChI=1S/C16H19NO3S/c18-8-6-11-5-7-17(9-11)10-13-12-3-1-2-4-14(12)21-15(13)16(19)20/h1-4,11,18H,5-10H2,(H,19,20). The van der Waals surface area contributed by atoms with Gasteiger partial charge in [0, 0.05) is 24.4 Å². The van der Waals surface area contributed by atoms with Gasteiger partial charge in [-0.3, -0.25) is 4.90 Å². The van der Waals surface area contributed by atoms with Crippen LogP contribution in [0.25, 0.3) is 10.1 Å². The highest BCUT2D eigenvalue weighted by molar-refractivity contribution is 7.21. The number of benzene rings is 1. The third-order valence-electron chi connectivity index (χ3n) is 4.18. The highest BCUT2D eigenvalue weighted by Crippen LogP contribution is 2.33. The lowest BCUT2D eigenvalue weighted by Crippen LogP contribution is -2.21. The van der Waals surface area contributed by atoms with Gasteiger partial charge in [-0.2, -0.15) is 0 Å². The number of hydrogen-bond donors (Lipinski definition) is 2. The van der Waals surface area contributed by atoms with Crippen LogP contribution in [0.2, 0.25) is 0 Å². The maximum Gasteiger partial charge on any atom is 0.346 e. The first-order valence-electron chi connectivity index (χ1n) is 7.26. The quantitative estimate of drug-likeness (QED) is 0.892. The Labute approximate surface area is 127 Å². The molecule has 21 heavy (non-hydrogen) atoms. The topological polar surface area (TPSA) is 60.8 Å². The zero-order chi connectivity index (χ0) is 14.8. The van der Waals surface area contributed by atoms with Crippen molar-refractivity contribution in [3.8, 4) is 0 Å². The zero-order valence-corrected chi connectivity index (χ0v) is 12.6. The molecule has 5 heteroatoms. The molecular formula is C16H19NO3S. The average Bonchev–Trinajstić information content (AvgIpc) is 3.05. The summed E-state index contributed by atoms with van der Waals surface area (Å²) >= 11 is 1.36. The van der Waals surface area contributed by atoms with Gasteiger partial charge in [0.25, 0.3) is 0 Å². The van der Waals surface area contributed by atoms with E-state index < -0.39 is 5.97 Å². The van der Waals surface area contributed by atoms with Crippen LogP contribution in [-0.4, -0.2) is 40.8 Å². The zero-order valence-electron chi connectivity index (χ0n) is 11.8. The third-order valence-corrected chi connectivity index (χ3v) is 5.38. The number of rotatable bonds is 5. The van der Waals surface area contributed by atoms with Gasteiger partial charge in [0.05, 0.1) is 0 Å². The molecule has 1 atom stereocenters. The van der Waals surface area contributed by atoms with Crippen LogP contribution in [0.15, 0.2) is 24.3 Å². The molecule has 0 radical (unpaired) electrons. The molecule has 2 aromatic rings. The summed E-state index contributed by atoms with van der Waals surface area (Å²) in [6.45, 7) is 2.85. The Kier molecular flexibility index (Phi) is 4.24. The summed E-state index contributed by atoms with van der Waals surface area (Å²) in [5.41, 5.74) is 0.938. The number of likely N-dealkylation sites (tertiary alicyclic amines) is 1. The largest absolute Gasteiger partial charge is 0.477 e. The van der Waals surface area contributed by atoms with Crippen LogP contribution in [-0.2, 0) is 6.54 Å². The van der Waals surface area contributed by atoms with Crippen molar-refractivity contribution in [2.24, 2.45) is 5.92 Å². The Hall–Kier alpha value is -1.43. The van der Waals surface area contributed by atoms with Gasteiger partial charge in [-0.25, -0.2) is 4.79 Å². The van der Waals surface area contributed by atoms with Gasteiger partial charge < -0.3 is 10.2 Å². The highest BCUT2D eigenvalue weighted by Gasteiger charge is 2.25. The van der Waals surface area contributed by atoms with Crippen molar-refractivity contribution >= 4 is 27.4 Å². The van der Waals surface area contributed by atoms with Crippen molar-refractivity contribution in [3.63, 3.8) is 0 Å². The maximum absolute atomic E-state index is 11.5. The molecule has 0 aliphatic carbocycles. The number of aliphatic hydroxyl groups is 1. The van der Waals surface area contributed by atoms with Crippen LogP contribution >= 0.6 is 11.3 Å². The first-order chi connectivity index (χ1) is 10.2. The first kappa shape index (κ1) is 14.5. The van der Waals surface area contributed by atoms with Gasteiger partial charge in [-0.05, 0) is 42.3 Å². The molecule has 0 amide bonds. The molecule has 1 unspecified atom stereocenters. The number of carbonyl (C=O) groups is 1. The second kappa shape index (κ2) is 6.13. The number of hydrogen-bond acceptors (Lipinski definition) is 4. The lowest BCUT2D eigenvalue weighted by molar-refractivity contribution is 0.0700. The van der Waals surface area contributed by atoms with E-state index >= 15 is 0 Å². The SMILES string of the molecule is O=C(O)c1sc2ccccc2c1CN1CCC(CCO)C1. The Morgan fingerprint density at radius 1 is 1.38 bits per heavy atom. The molecule has 1 aliphatic rings. The highest BCUT2D eigenvalue weighted by atomic mass is 32.1. The molecule has 2 N–H and O–H groups in total. The van der Waals surface area contributed by atoms with E-state index in [1.165, 1.54) is 11.3 Å². The lowest BCUT2D eigenvalue weighted by Gasteiger charge is -2.16. The number of nitrogens with zero attached hydrogens (tertiary/aromatic N) is 1. The van der Waals surface area contributed by atoms with Gasteiger partial charge in [-0.15, -0.1) is 11.3 Å². The molecule has 112 valence electrons. The summed E-state index contributed by atoms with van der Waals surface area (Å²) in [4.78, 5) is 14.3. The van der Waals surface area contributed by atoms with E-state index in [9.17, 15) is 9.90 Å². The second-order valence-electron chi connectivity index (χ2n) is 5.61. The molecule has 0 spiro atoms. The fraction of sp³-hybridized carbons (Fsp3) is 0.438. The van der Waals surface area contributed by atoms with Crippen LogP contribution in [0.5, 0.6) is 0 Å². The van der Waals surface area contributed by atoms with E-state index in [1.54, 1.807) is 0 Å². The Morgan fingerprint density at radius 3 is 2.95 bits per heavy atom. The van der Waals surface area contributed by atoms with E-state index in [2.05, 4.69) is 4.90 Å². The number of aromatic carboxylic acids is 1. The van der Waals surface area contributed by atoms with Crippen molar-refractivity contribution < 1.29 is 15.0 Å². The van der Waals surface area contributed by atoms with Gasteiger partial charge >= 0.3 is 5.97 Å². The first-order valence-corrected chi connectivity index (χ1v) is 8.07. The molecule has 1 aromatic heterocycles. The van der Waals surface area contributed by atoms with Crippen LogP contribution in [0.1, 0.15) is 28.1 Å². The third kappa shape index (κ3) is 2.95. The minimum absolute atomic E-state index is 0.236. The molecule has 1 aromatic carbocycles. The van der Waals surface area contributed by atoms with Gasteiger partial charge in [0.2, 0.25) is 0 Å². The van der Waals surface area contributed by atoms with Crippen molar-refractivity contribution in [1.82, 2.24) is 4.90 Å². The molecule has 2 heterocycles. The maximum atomic E-state index is 11.5. The summed E-state index contributed by atoms with van der Waals surface area (Å²) in [6, 6.07) is 7.90. The van der Waals surface area contributed by atoms with Crippen LogP contribution < -0.4 is 0 Å². The summed E-state index contributed by atoms with van der Waals surface area (Å²) < 4.78 is 1.04. The fourth-order valence-electron chi connectivity index (χ4n) is 3.13. The van der Waals surface area contributed by atoms with E-state index in [0.717, 1.165) is 41.6 Å². The number of carboxylic acid groups (broad SMARTS) is 1.